The summed E-state index contributed by atoms with van der Waals surface area (Å²) in [6, 6.07) is 2.05. The van der Waals surface area contributed by atoms with Crippen LogP contribution in [0.1, 0.15) is 24.2 Å². The molecule has 15 heavy (non-hydrogen) atoms. The molecule has 0 fully saturated rings. The number of hydrogen-bond donors (Lipinski definition) is 1. The lowest BCUT2D eigenvalue weighted by Crippen LogP contribution is -2.14. The van der Waals surface area contributed by atoms with Crippen LogP contribution in [0.15, 0.2) is 12.1 Å². The minimum absolute atomic E-state index is 0.00627. The Bertz CT molecular complexity index is 370. The Morgan fingerprint density at radius 1 is 1.53 bits per heavy atom. The van der Waals surface area contributed by atoms with Gasteiger partial charge >= 0.3 is 5.97 Å². The third-order valence-electron chi connectivity index (χ3n) is 1.63. The van der Waals surface area contributed by atoms with Crippen molar-refractivity contribution in [2.75, 3.05) is 5.73 Å². The van der Waals surface area contributed by atoms with Crippen molar-refractivity contribution >= 4 is 23.3 Å². The van der Waals surface area contributed by atoms with Crippen LogP contribution in [0.5, 0.6) is 0 Å². The zero-order valence-corrected chi connectivity index (χ0v) is 9.14. The first-order chi connectivity index (χ1) is 6.91. The highest BCUT2D eigenvalue weighted by Gasteiger charge is 2.17. The Morgan fingerprint density at radius 3 is 2.60 bits per heavy atom. The number of benzene rings is 1. The van der Waals surface area contributed by atoms with Crippen LogP contribution in [0.25, 0.3) is 0 Å². The molecule has 0 heterocycles. The number of nitrogens with two attached hydrogens (primary N) is 1. The maximum Gasteiger partial charge on any atom is 0.342 e. The number of halogens is 2. The van der Waals surface area contributed by atoms with Gasteiger partial charge in [-0.2, -0.15) is 0 Å². The Labute approximate surface area is 92.0 Å². The molecule has 0 aliphatic carbocycles. The van der Waals surface area contributed by atoms with Gasteiger partial charge in [0.1, 0.15) is 11.4 Å². The standard InChI is InChI=1S/C10H11ClFNO2/c1-5(2)15-10(14)9-7(11)3-6(12)4-8(9)13/h3-5H,13H2,1-2H3. The molecule has 0 unspecified atom stereocenters. The highest BCUT2D eigenvalue weighted by atomic mass is 35.5. The molecule has 0 spiro atoms. The largest absolute Gasteiger partial charge is 0.459 e. The van der Waals surface area contributed by atoms with Crippen molar-refractivity contribution in [1.29, 1.82) is 0 Å². The minimum atomic E-state index is -0.646. The molecule has 0 saturated heterocycles. The van der Waals surface area contributed by atoms with Crippen molar-refractivity contribution in [2.24, 2.45) is 0 Å². The van der Waals surface area contributed by atoms with Crippen LogP contribution in [-0.2, 0) is 4.74 Å². The Hall–Kier alpha value is -1.29. The van der Waals surface area contributed by atoms with Gasteiger partial charge in [0.2, 0.25) is 0 Å². The molecule has 0 amide bonds. The first-order valence-corrected chi connectivity index (χ1v) is 4.75. The summed E-state index contributed by atoms with van der Waals surface area (Å²) in [7, 11) is 0. The number of carbonyl (C=O) groups excluding carboxylic acids is 1. The van der Waals surface area contributed by atoms with Gasteiger partial charge in [0.05, 0.1) is 16.8 Å². The second-order valence-corrected chi connectivity index (χ2v) is 3.71. The average Bonchev–Trinajstić information content (AvgIpc) is 1.99. The highest BCUT2D eigenvalue weighted by Crippen LogP contribution is 2.25. The van der Waals surface area contributed by atoms with Crippen molar-refractivity contribution in [3.8, 4) is 0 Å². The number of anilines is 1. The molecule has 82 valence electrons. The highest BCUT2D eigenvalue weighted by molar-refractivity contribution is 6.34. The minimum Gasteiger partial charge on any atom is -0.459 e. The molecule has 5 heteroatoms. The van der Waals surface area contributed by atoms with Crippen molar-refractivity contribution in [3.05, 3.63) is 28.5 Å². The first-order valence-electron chi connectivity index (χ1n) is 4.37. The molecule has 1 rings (SSSR count). The summed E-state index contributed by atoms with van der Waals surface area (Å²) in [5, 5.41) is -0.0434. The van der Waals surface area contributed by atoms with Gasteiger partial charge in [0, 0.05) is 0 Å². The van der Waals surface area contributed by atoms with E-state index in [-0.39, 0.29) is 22.4 Å². The van der Waals surface area contributed by atoms with Gasteiger partial charge in [-0.3, -0.25) is 0 Å². The lowest BCUT2D eigenvalue weighted by atomic mass is 10.2. The number of rotatable bonds is 2. The van der Waals surface area contributed by atoms with Crippen LogP contribution in [0, 0.1) is 5.82 Å². The molecule has 2 N–H and O–H groups in total. The zero-order valence-electron chi connectivity index (χ0n) is 8.38. The molecular formula is C10H11ClFNO2. The predicted molar refractivity (Wildman–Crippen MR) is 56.4 cm³/mol. The fourth-order valence-corrected chi connectivity index (χ4v) is 1.37. The maximum atomic E-state index is 12.8. The molecule has 0 aliphatic heterocycles. The van der Waals surface area contributed by atoms with Crippen LogP contribution in [-0.4, -0.2) is 12.1 Å². The topological polar surface area (TPSA) is 52.3 Å². The van der Waals surface area contributed by atoms with Gasteiger partial charge in [-0.15, -0.1) is 0 Å². The predicted octanol–water partition coefficient (Wildman–Crippen LogP) is 2.63. The van der Waals surface area contributed by atoms with Gasteiger partial charge in [-0.1, -0.05) is 11.6 Å². The molecule has 1 aromatic carbocycles. The van der Waals surface area contributed by atoms with E-state index in [9.17, 15) is 9.18 Å². The van der Waals surface area contributed by atoms with Crippen LogP contribution in [0.3, 0.4) is 0 Å². The normalized spacial score (nSPS) is 10.5. The first kappa shape index (κ1) is 11.8. The number of hydrogen-bond acceptors (Lipinski definition) is 3. The quantitative estimate of drug-likeness (QED) is 0.629. The second-order valence-electron chi connectivity index (χ2n) is 3.31. The summed E-state index contributed by atoms with van der Waals surface area (Å²) in [6.45, 7) is 3.40. The van der Waals surface area contributed by atoms with E-state index in [0.29, 0.717) is 0 Å². The average molecular weight is 232 g/mol. The third-order valence-corrected chi connectivity index (χ3v) is 1.93. The SMILES string of the molecule is CC(C)OC(=O)c1c(N)cc(F)cc1Cl. The molecule has 0 aromatic heterocycles. The van der Waals surface area contributed by atoms with E-state index in [4.69, 9.17) is 22.1 Å². The summed E-state index contributed by atoms with van der Waals surface area (Å²) < 4.78 is 17.7. The summed E-state index contributed by atoms with van der Waals surface area (Å²) in [5.74, 6) is -1.23. The van der Waals surface area contributed by atoms with Crippen molar-refractivity contribution < 1.29 is 13.9 Å². The molecule has 0 radical (unpaired) electrons. The molecule has 0 saturated carbocycles. The smallest absolute Gasteiger partial charge is 0.342 e. The van der Waals surface area contributed by atoms with Gasteiger partial charge in [0.15, 0.2) is 0 Å². The molecular weight excluding hydrogens is 221 g/mol. The number of ether oxygens (including phenoxy) is 1. The van der Waals surface area contributed by atoms with Crippen LogP contribution in [0.4, 0.5) is 10.1 Å². The zero-order chi connectivity index (χ0) is 11.6. The van der Waals surface area contributed by atoms with E-state index in [1.165, 1.54) is 0 Å². The number of nitrogen functional groups attached to an aromatic ring is 1. The van der Waals surface area contributed by atoms with E-state index >= 15 is 0 Å². The van der Waals surface area contributed by atoms with Crippen LogP contribution < -0.4 is 5.73 Å². The summed E-state index contributed by atoms with van der Waals surface area (Å²) in [4.78, 5) is 11.5. The van der Waals surface area contributed by atoms with E-state index in [0.717, 1.165) is 12.1 Å². The van der Waals surface area contributed by atoms with Crippen molar-refractivity contribution in [2.45, 2.75) is 20.0 Å². The molecule has 0 aliphatic rings. The van der Waals surface area contributed by atoms with E-state index in [2.05, 4.69) is 0 Å². The Morgan fingerprint density at radius 2 is 2.13 bits per heavy atom. The van der Waals surface area contributed by atoms with Gasteiger partial charge in [-0.25, -0.2) is 9.18 Å². The summed E-state index contributed by atoms with van der Waals surface area (Å²) in [6.07, 6.45) is -0.280. The van der Waals surface area contributed by atoms with E-state index in [1.807, 2.05) is 0 Å². The molecule has 0 bridgehead atoms. The van der Waals surface area contributed by atoms with Crippen molar-refractivity contribution in [3.63, 3.8) is 0 Å². The fraction of sp³-hybridized carbons (Fsp3) is 0.300. The number of esters is 1. The van der Waals surface area contributed by atoms with Crippen LogP contribution in [0.2, 0.25) is 5.02 Å². The summed E-state index contributed by atoms with van der Waals surface area (Å²) >= 11 is 5.69. The second kappa shape index (κ2) is 4.49. The monoisotopic (exact) mass is 231 g/mol. The molecule has 1 aromatic rings. The van der Waals surface area contributed by atoms with Crippen molar-refractivity contribution in [1.82, 2.24) is 0 Å². The Kier molecular flexibility index (Phi) is 3.52. The van der Waals surface area contributed by atoms with Crippen LogP contribution >= 0.6 is 11.6 Å². The van der Waals surface area contributed by atoms with Gasteiger partial charge in [-0.05, 0) is 26.0 Å². The number of carbonyl (C=O) groups is 1. The summed E-state index contributed by atoms with van der Waals surface area (Å²) in [5.41, 5.74) is 5.46. The molecule has 0 atom stereocenters. The van der Waals surface area contributed by atoms with E-state index in [1.54, 1.807) is 13.8 Å². The maximum absolute atomic E-state index is 12.8. The van der Waals surface area contributed by atoms with Gasteiger partial charge < -0.3 is 10.5 Å². The van der Waals surface area contributed by atoms with E-state index < -0.39 is 11.8 Å². The Balaban J connectivity index is 3.09. The third kappa shape index (κ3) is 2.83. The lowest BCUT2D eigenvalue weighted by molar-refractivity contribution is 0.0379. The fourth-order valence-electron chi connectivity index (χ4n) is 1.08. The molecule has 3 nitrogen and oxygen atoms in total. The lowest BCUT2D eigenvalue weighted by Gasteiger charge is -2.10. The van der Waals surface area contributed by atoms with Gasteiger partial charge in [0.25, 0.3) is 0 Å².